The van der Waals surface area contributed by atoms with Crippen LogP contribution in [-0.2, 0) is 14.3 Å². The van der Waals surface area contributed by atoms with Crippen molar-refractivity contribution in [3.63, 3.8) is 0 Å². The van der Waals surface area contributed by atoms with Gasteiger partial charge in [-0.3, -0.25) is 9.59 Å². The van der Waals surface area contributed by atoms with E-state index in [1.165, 1.54) is 0 Å². The summed E-state index contributed by atoms with van der Waals surface area (Å²) in [6, 6.07) is 15.9. The number of hydrogen-bond acceptors (Lipinski definition) is 5. The Labute approximate surface area is 186 Å². The molecule has 4 unspecified atom stereocenters. The lowest BCUT2D eigenvalue weighted by molar-refractivity contribution is -0.165. The zero-order valence-corrected chi connectivity index (χ0v) is 18.9. The second kappa shape index (κ2) is 9.08. The van der Waals surface area contributed by atoms with Gasteiger partial charge in [0.15, 0.2) is 0 Å². The number of rotatable bonds is 4. The van der Waals surface area contributed by atoms with Crippen molar-refractivity contribution in [1.82, 2.24) is 10.6 Å². The van der Waals surface area contributed by atoms with Crippen LogP contribution in [-0.4, -0.2) is 38.1 Å². The first-order valence-electron chi connectivity index (χ1n) is 9.71. The third kappa shape index (κ3) is 4.63. The van der Waals surface area contributed by atoms with Crippen LogP contribution in [0.1, 0.15) is 23.0 Å². The van der Waals surface area contributed by atoms with E-state index in [1.54, 1.807) is 0 Å². The van der Waals surface area contributed by atoms with Crippen LogP contribution in [0.3, 0.4) is 0 Å². The number of halogens is 2. The highest BCUT2D eigenvalue weighted by Gasteiger charge is 2.40. The normalized spacial score (nSPS) is 26.4. The van der Waals surface area contributed by atoms with Crippen LogP contribution >= 0.6 is 31.9 Å². The molecule has 2 fully saturated rings. The molecule has 0 saturated carbocycles. The molecular weight excluding hydrogens is 500 g/mol. The van der Waals surface area contributed by atoms with Crippen LogP contribution in [0.5, 0.6) is 0 Å². The molecule has 4 atom stereocenters. The lowest BCUT2D eigenvalue weighted by Crippen LogP contribution is -2.31. The summed E-state index contributed by atoms with van der Waals surface area (Å²) in [4.78, 5) is 25.7. The Kier molecular flexibility index (Phi) is 6.49. The maximum absolute atomic E-state index is 12.8. The summed E-state index contributed by atoms with van der Waals surface area (Å²) in [5, 5.41) is 6.52. The molecule has 7 heteroatoms. The van der Waals surface area contributed by atoms with Crippen LogP contribution in [0.25, 0.3) is 0 Å². The maximum atomic E-state index is 12.8. The van der Waals surface area contributed by atoms with Crippen molar-refractivity contribution in [2.45, 2.75) is 11.8 Å². The van der Waals surface area contributed by atoms with Crippen LogP contribution in [0.4, 0.5) is 0 Å². The van der Waals surface area contributed by atoms with E-state index in [0.717, 1.165) is 20.1 Å². The molecule has 0 spiro atoms. The number of esters is 2. The van der Waals surface area contributed by atoms with E-state index in [1.807, 2.05) is 48.5 Å². The Hall–Kier alpha value is -1.54. The summed E-state index contributed by atoms with van der Waals surface area (Å²) >= 11 is 6.92. The van der Waals surface area contributed by atoms with Gasteiger partial charge in [0.2, 0.25) is 0 Å². The molecule has 2 N–H and O–H groups in total. The van der Waals surface area contributed by atoms with Gasteiger partial charge in [0, 0.05) is 47.0 Å². The largest absolute Gasteiger partial charge is 0.393 e. The molecule has 2 saturated heterocycles. The topological polar surface area (TPSA) is 67.4 Å². The minimum absolute atomic E-state index is 0.00299. The lowest BCUT2D eigenvalue weighted by atomic mass is 9.88. The Morgan fingerprint density at radius 1 is 0.759 bits per heavy atom. The second-order valence-electron chi connectivity index (χ2n) is 7.59. The van der Waals surface area contributed by atoms with Crippen molar-refractivity contribution in [3.05, 3.63) is 68.6 Å². The number of carbonyl (C=O) groups excluding carboxylic acids is 2. The first kappa shape index (κ1) is 20.7. The monoisotopic (exact) mass is 520 g/mol. The quantitative estimate of drug-likeness (QED) is 0.475. The average Bonchev–Trinajstić information content (AvgIpc) is 3.38. The summed E-state index contributed by atoms with van der Waals surface area (Å²) < 4.78 is 7.36. The highest BCUT2D eigenvalue weighted by Crippen LogP contribution is 2.33. The molecule has 2 aromatic rings. The Balaban J connectivity index is 1.44. The van der Waals surface area contributed by atoms with E-state index < -0.39 is 11.9 Å². The molecule has 2 aromatic carbocycles. The molecule has 2 aliphatic heterocycles. The van der Waals surface area contributed by atoms with Crippen LogP contribution in [0.15, 0.2) is 57.5 Å². The van der Waals surface area contributed by atoms with Crippen molar-refractivity contribution in [2.24, 2.45) is 11.8 Å². The van der Waals surface area contributed by atoms with Crippen molar-refractivity contribution in [1.29, 1.82) is 0 Å². The third-order valence-corrected chi connectivity index (χ3v) is 6.83. The van der Waals surface area contributed by atoms with Gasteiger partial charge in [-0.2, -0.15) is 0 Å². The van der Waals surface area contributed by atoms with Crippen LogP contribution < -0.4 is 10.6 Å². The van der Waals surface area contributed by atoms with E-state index in [0.29, 0.717) is 26.2 Å². The van der Waals surface area contributed by atoms with Gasteiger partial charge in [-0.05, 0) is 35.4 Å². The van der Waals surface area contributed by atoms with Crippen molar-refractivity contribution < 1.29 is 14.3 Å². The summed E-state index contributed by atoms with van der Waals surface area (Å²) in [7, 11) is 0. The molecule has 29 heavy (non-hydrogen) atoms. The Bertz CT molecular complexity index is 903. The Morgan fingerprint density at radius 2 is 1.34 bits per heavy atom. The Morgan fingerprint density at radius 3 is 1.93 bits per heavy atom. The molecule has 0 radical (unpaired) electrons. The van der Waals surface area contributed by atoms with Gasteiger partial charge < -0.3 is 15.4 Å². The number of benzene rings is 2. The maximum Gasteiger partial charge on any atom is 0.318 e. The zero-order chi connectivity index (χ0) is 20.4. The minimum Gasteiger partial charge on any atom is -0.393 e. The van der Waals surface area contributed by atoms with Gasteiger partial charge in [-0.1, -0.05) is 56.1 Å². The molecule has 0 aliphatic carbocycles. The average molecular weight is 522 g/mol. The summed E-state index contributed by atoms with van der Waals surface area (Å²) in [6.07, 6.45) is 0. The first-order chi connectivity index (χ1) is 14.0. The highest BCUT2D eigenvalue weighted by molar-refractivity contribution is 9.10. The number of ether oxygens (including phenoxy) is 1. The molecule has 0 bridgehead atoms. The molecule has 152 valence electrons. The molecule has 0 aromatic heterocycles. The van der Waals surface area contributed by atoms with Crippen LogP contribution in [0.2, 0.25) is 0 Å². The van der Waals surface area contributed by atoms with Gasteiger partial charge in [0.1, 0.15) is 0 Å². The zero-order valence-electron chi connectivity index (χ0n) is 15.7. The fraction of sp³-hybridized carbons (Fsp3) is 0.364. The number of nitrogens with one attached hydrogen (secondary N) is 2. The predicted octanol–water partition coefficient (Wildman–Crippen LogP) is 3.59. The standard InChI is InChI=1S/C22H22Br2N2O3/c23-15-6-4-13(5-7-15)17-9-25-11-19(17)21(27)29-22(28)20-12-26-10-18(20)14-2-1-3-16(24)8-14/h1-8,17-20,25-26H,9-12H2. The molecule has 2 aliphatic rings. The van der Waals surface area contributed by atoms with Gasteiger partial charge >= 0.3 is 11.9 Å². The van der Waals surface area contributed by atoms with Gasteiger partial charge in [0.25, 0.3) is 0 Å². The minimum atomic E-state index is -0.438. The third-order valence-electron chi connectivity index (χ3n) is 5.81. The molecule has 5 nitrogen and oxygen atoms in total. The van der Waals surface area contributed by atoms with E-state index >= 15 is 0 Å². The molecular formula is C22H22Br2N2O3. The lowest BCUT2D eigenvalue weighted by Gasteiger charge is -2.20. The van der Waals surface area contributed by atoms with Crippen molar-refractivity contribution in [3.8, 4) is 0 Å². The molecule has 4 rings (SSSR count). The fourth-order valence-electron chi connectivity index (χ4n) is 4.25. The first-order valence-corrected chi connectivity index (χ1v) is 11.3. The van der Waals surface area contributed by atoms with E-state index in [9.17, 15) is 9.59 Å². The number of carbonyl (C=O) groups is 2. The van der Waals surface area contributed by atoms with E-state index in [4.69, 9.17) is 4.74 Å². The number of hydrogen-bond donors (Lipinski definition) is 2. The van der Waals surface area contributed by atoms with E-state index in [2.05, 4.69) is 42.5 Å². The van der Waals surface area contributed by atoms with E-state index in [-0.39, 0.29) is 23.7 Å². The van der Waals surface area contributed by atoms with Crippen molar-refractivity contribution in [2.75, 3.05) is 26.2 Å². The van der Waals surface area contributed by atoms with Gasteiger partial charge in [-0.25, -0.2) is 0 Å². The fourth-order valence-corrected chi connectivity index (χ4v) is 4.93. The summed E-state index contributed by atoms with van der Waals surface area (Å²) in [5.41, 5.74) is 2.14. The second-order valence-corrected chi connectivity index (χ2v) is 9.42. The highest BCUT2D eigenvalue weighted by atomic mass is 79.9. The van der Waals surface area contributed by atoms with Gasteiger partial charge in [0.05, 0.1) is 11.8 Å². The smallest absolute Gasteiger partial charge is 0.318 e. The molecule has 0 amide bonds. The predicted molar refractivity (Wildman–Crippen MR) is 118 cm³/mol. The summed E-state index contributed by atoms with van der Waals surface area (Å²) in [6.45, 7) is 2.42. The summed E-state index contributed by atoms with van der Waals surface area (Å²) in [5.74, 6) is -1.60. The van der Waals surface area contributed by atoms with Gasteiger partial charge in [-0.15, -0.1) is 0 Å². The molecule has 2 heterocycles. The van der Waals surface area contributed by atoms with Crippen molar-refractivity contribution >= 4 is 43.8 Å². The SMILES string of the molecule is O=C(OC(=O)C1CNCC1c1cccc(Br)c1)C1CNCC1c1ccc(Br)cc1. The van der Waals surface area contributed by atoms with Crippen LogP contribution in [0, 0.1) is 11.8 Å².